The van der Waals surface area contributed by atoms with Gasteiger partial charge in [0, 0.05) is 24.7 Å². The van der Waals surface area contributed by atoms with Crippen LogP contribution in [0.5, 0.6) is 0 Å². The van der Waals surface area contributed by atoms with Gasteiger partial charge in [0.05, 0.1) is 23.7 Å². The monoisotopic (exact) mass is 440 g/mol. The van der Waals surface area contributed by atoms with Crippen molar-refractivity contribution in [1.29, 1.82) is 0 Å². The van der Waals surface area contributed by atoms with Crippen LogP contribution in [0.4, 0.5) is 13.2 Å². The summed E-state index contributed by atoms with van der Waals surface area (Å²) in [6.07, 6.45) is -2.88. The fraction of sp³-hybridized carbons (Fsp3) is 0.263. The molecule has 1 aromatic carbocycles. The predicted molar refractivity (Wildman–Crippen MR) is 107 cm³/mol. The van der Waals surface area contributed by atoms with E-state index in [9.17, 15) is 18.0 Å². The van der Waals surface area contributed by atoms with Crippen molar-refractivity contribution in [1.82, 2.24) is 10.0 Å². The number of carbonyl (C=O) groups excluding carboxylic acids is 1. The molecule has 3 heterocycles. The van der Waals surface area contributed by atoms with E-state index in [2.05, 4.69) is 0 Å². The van der Waals surface area contributed by atoms with Gasteiger partial charge in [0.25, 0.3) is 5.91 Å². The fourth-order valence-electron chi connectivity index (χ4n) is 3.02. The molecule has 2 aromatic rings. The van der Waals surface area contributed by atoms with Gasteiger partial charge in [0.15, 0.2) is 4.32 Å². The topological polar surface area (TPSA) is 45.9 Å². The molecule has 2 aliphatic heterocycles. The van der Waals surface area contributed by atoms with E-state index in [1.165, 1.54) is 17.1 Å². The Balaban J connectivity index is 1.55. The van der Waals surface area contributed by atoms with Crippen molar-refractivity contribution in [2.24, 2.45) is 0 Å². The second kappa shape index (κ2) is 7.94. The highest BCUT2D eigenvalue weighted by Gasteiger charge is 2.37. The first kappa shape index (κ1) is 20.1. The molecule has 1 aromatic heterocycles. The van der Waals surface area contributed by atoms with E-state index < -0.39 is 11.7 Å². The van der Waals surface area contributed by atoms with Crippen LogP contribution < -0.4 is 0 Å². The summed E-state index contributed by atoms with van der Waals surface area (Å²) in [5.74, 6) is 0.393. The number of ether oxygens (including phenoxy) is 1. The maximum absolute atomic E-state index is 12.9. The molecular weight excluding hydrogens is 425 g/mol. The first-order valence-corrected chi connectivity index (χ1v) is 9.93. The number of hydrazine groups is 1. The lowest BCUT2D eigenvalue weighted by atomic mass is 10.1. The van der Waals surface area contributed by atoms with E-state index >= 15 is 0 Å². The minimum Gasteiger partial charge on any atom is -0.457 e. The Bertz CT molecular complexity index is 981. The quantitative estimate of drug-likeness (QED) is 0.520. The van der Waals surface area contributed by atoms with Crippen molar-refractivity contribution >= 4 is 40.3 Å². The molecule has 0 saturated carbocycles. The molecule has 0 aliphatic carbocycles. The summed E-state index contributed by atoms with van der Waals surface area (Å²) in [4.78, 5) is 13.1. The molecule has 0 spiro atoms. The maximum atomic E-state index is 12.9. The lowest BCUT2D eigenvalue weighted by Gasteiger charge is -2.33. The summed E-state index contributed by atoms with van der Waals surface area (Å²) in [7, 11) is 0. The Morgan fingerprint density at radius 2 is 1.90 bits per heavy atom. The van der Waals surface area contributed by atoms with Gasteiger partial charge in [0.2, 0.25) is 0 Å². The van der Waals surface area contributed by atoms with Crippen LogP contribution >= 0.6 is 24.0 Å². The molecule has 10 heteroatoms. The van der Waals surface area contributed by atoms with E-state index in [1.807, 2.05) is 5.01 Å². The molecule has 152 valence electrons. The fourth-order valence-corrected chi connectivity index (χ4v) is 4.31. The predicted octanol–water partition coefficient (Wildman–Crippen LogP) is 4.41. The zero-order chi connectivity index (χ0) is 20.6. The first-order valence-electron chi connectivity index (χ1n) is 8.71. The number of amides is 1. The third-order valence-corrected chi connectivity index (χ3v) is 5.70. The van der Waals surface area contributed by atoms with Gasteiger partial charge in [-0.3, -0.25) is 4.79 Å². The number of morpholine rings is 1. The number of thiocarbonyl (C=S) groups is 1. The number of benzene rings is 1. The van der Waals surface area contributed by atoms with Crippen LogP contribution in [-0.4, -0.2) is 46.5 Å². The summed E-state index contributed by atoms with van der Waals surface area (Å²) >= 11 is 6.49. The van der Waals surface area contributed by atoms with Gasteiger partial charge in [-0.2, -0.15) is 13.2 Å². The van der Waals surface area contributed by atoms with Gasteiger partial charge < -0.3 is 9.15 Å². The Hall–Kier alpha value is -2.14. The van der Waals surface area contributed by atoms with E-state index in [1.54, 1.807) is 18.2 Å². The van der Waals surface area contributed by atoms with Gasteiger partial charge in [-0.1, -0.05) is 36.1 Å². The van der Waals surface area contributed by atoms with Crippen LogP contribution in [0.1, 0.15) is 11.3 Å². The zero-order valence-electron chi connectivity index (χ0n) is 14.9. The molecule has 0 bridgehead atoms. The van der Waals surface area contributed by atoms with Crippen molar-refractivity contribution in [3.8, 4) is 11.3 Å². The number of thioether (sulfide) groups is 1. The number of furan rings is 1. The highest BCUT2D eigenvalue weighted by atomic mass is 32.2. The standard InChI is InChI=1S/C19H15F3N2O3S2/c20-19(21,22)13-3-1-2-12(10-13)15-5-4-14(27-15)11-16-17(25)24(18(28)29-16)23-6-8-26-9-7-23/h1-5,10-11H,6-9H2. The molecule has 0 unspecified atom stereocenters. The molecule has 4 rings (SSSR count). The van der Waals surface area contributed by atoms with Crippen LogP contribution in [0, 0.1) is 0 Å². The van der Waals surface area contributed by atoms with E-state index in [-0.39, 0.29) is 11.7 Å². The minimum absolute atomic E-state index is 0.251. The highest BCUT2D eigenvalue weighted by molar-refractivity contribution is 8.26. The van der Waals surface area contributed by atoms with Gasteiger partial charge in [0.1, 0.15) is 11.5 Å². The van der Waals surface area contributed by atoms with Crippen LogP contribution in [0.3, 0.4) is 0 Å². The van der Waals surface area contributed by atoms with Crippen molar-refractivity contribution in [2.75, 3.05) is 26.3 Å². The lowest BCUT2D eigenvalue weighted by molar-refractivity contribution is -0.138. The molecule has 5 nitrogen and oxygen atoms in total. The third kappa shape index (κ3) is 4.25. The van der Waals surface area contributed by atoms with Gasteiger partial charge in [-0.05, 0) is 24.3 Å². The molecule has 0 atom stereocenters. The molecular formula is C19H15F3N2O3S2. The molecule has 2 fully saturated rings. The summed E-state index contributed by atoms with van der Waals surface area (Å²) in [6, 6.07) is 8.08. The van der Waals surface area contributed by atoms with Gasteiger partial charge in [-0.15, -0.1) is 0 Å². The van der Waals surface area contributed by atoms with Crippen LogP contribution in [-0.2, 0) is 15.7 Å². The molecule has 2 aliphatic rings. The average Bonchev–Trinajstić information content (AvgIpc) is 3.27. The van der Waals surface area contributed by atoms with Crippen molar-refractivity contribution in [2.45, 2.75) is 6.18 Å². The summed E-state index contributed by atoms with van der Waals surface area (Å²) in [6.45, 7) is 2.18. The molecule has 1 amide bonds. The SMILES string of the molecule is O=C1C(=Cc2ccc(-c3cccc(C(F)(F)F)c3)o2)SC(=S)N1N1CCOCC1. The van der Waals surface area contributed by atoms with Gasteiger partial charge in [-0.25, -0.2) is 10.0 Å². The maximum Gasteiger partial charge on any atom is 0.416 e. The number of hydrogen-bond donors (Lipinski definition) is 0. The largest absolute Gasteiger partial charge is 0.457 e. The minimum atomic E-state index is -4.43. The van der Waals surface area contributed by atoms with Crippen LogP contribution in [0.25, 0.3) is 17.4 Å². The van der Waals surface area contributed by atoms with Crippen molar-refractivity contribution in [3.05, 3.63) is 52.6 Å². The lowest BCUT2D eigenvalue weighted by Crippen LogP contribution is -2.50. The first-order chi connectivity index (χ1) is 13.8. The van der Waals surface area contributed by atoms with Crippen molar-refractivity contribution < 1.29 is 27.1 Å². The van der Waals surface area contributed by atoms with Gasteiger partial charge >= 0.3 is 6.18 Å². The van der Waals surface area contributed by atoms with E-state index in [0.29, 0.717) is 46.9 Å². The van der Waals surface area contributed by atoms with E-state index in [4.69, 9.17) is 21.4 Å². The molecule has 2 saturated heterocycles. The number of rotatable bonds is 3. The Labute approximate surface area is 174 Å². The second-order valence-electron chi connectivity index (χ2n) is 6.34. The van der Waals surface area contributed by atoms with Crippen LogP contribution in [0.15, 0.2) is 45.7 Å². The zero-order valence-corrected chi connectivity index (χ0v) is 16.6. The third-order valence-electron chi connectivity index (χ3n) is 4.42. The Morgan fingerprint density at radius 1 is 1.14 bits per heavy atom. The Kier molecular flexibility index (Phi) is 5.52. The smallest absolute Gasteiger partial charge is 0.416 e. The summed E-state index contributed by atoms with van der Waals surface area (Å²) in [5, 5.41) is 3.31. The highest BCUT2D eigenvalue weighted by Crippen LogP contribution is 2.36. The molecule has 0 N–H and O–H groups in total. The molecule has 0 radical (unpaired) electrons. The number of carbonyl (C=O) groups is 1. The summed E-state index contributed by atoms with van der Waals surface area (Å²) in [5.41, 5.74) is -0.445. The number of alkyl halides is 3. The average molecular weight is 440 g/mol. The summed E-state index contributed by atoms with van der Waals surface area (Å²) < 4.78 is 50.1. The number of nitrogens with zero attached hydrogens (tertiary/aromatic N) is 2. The second-order valence-corrected chi connectivity index (χ2v) is 8.02. The number of halogens is 3. The van der Waals surface area contributed by atoms with E-state index in [0.717, 1.165) is 23.9 Å². The molecule has 29 heavy (non-hydrogen) atoms. The Morgan fingerprint density at radius 3 is 2.62 bits per heavy atom. The number of hydrogen-bond acceptors (Lipinski definition) is 6. The normalized spacial score (nSPS) is 20.1. The van der Waals surface area contributed by atoms with Crippen molar-refractivity contribution in [3.63, 3.8) is 0 Å². The van der Waals surface area contributed by atoms with Crippen LogP contribution in [0.2, 0.25) is 0 Å².